The van der Waals surface area contributed by atoms with Gasteiger partial charge in [-0.2, -0.15) is 4.98 Å². The van der Waals surface area contributed by atoms with Crippen LogP contribution in [0.15, 0.2) is 41.2 Å². The average Bonchev–Trinajstić information content (AvgIpc) is 3.39. The molecule has 0 saturated carbocycles. The first-order valence-corrected chi connectivity index (χ1v) is 12.4. The van der Waals surface area contributed by atoms with Crippen LogP contribution in [0.25, 0.3) is 22.0 Å². The van der Waals surface area contributed by atoms with Gasteiger partial charge in [-0.15, -0.1) is 0 Å². The van der Waals surface area contributed by atoms with Crippen molar-refractivity contribution in [1.82, 2.24) is 20.1 Å². The van der Waals surface area contributed by atoms with Gasteiger partial charge in [-0.25, -0.2) is 18.7 Å². The van der Waals surface area contributed by atoms with Crippen LogP contribution in [-0.2, 0) is 15.1 Å². The summed E-state index contributed by atoms with van der Waals surface area (Å²) in [4.78, 5) is 38.1. The second-order valence-corrected chi connectivity index (χ2v) is 9.93. The van der Waals surface area contributed by atoms with Gasteiger partial charge in [0.2, 0.25) is 0 Å². The number of carbonyl (C=O) groups is 2. The predicted molar refractivity (Wildman–Crippen MR) is 137 cm³/mol. The Kier molecular flexibility index (Phi) is 6.71. The second kappa shape index (κ2) is 10.0. The molecule has 0 unspecified atom stereocenters. The lowest BCUT2D eigenvalue weighted by atomic mass is 9.95. The number of hydrogen-bond donors (Lipinski definition) is 1. The lowest BCUT2D eigenvalue weighted by Crippen LogP contribution is -2.34. The summed E-state index contributed by atoms with van der Waals surface area (Å²) in [6, 6.07) is 6.55. The number of nitrogens with two attached hydrogens (primary N) is 1. The third-order valence-corrected chi connectivity index (χ3v) is 6.74. The summed E-state index contributed by atoms with van der Waals surface area (Å²) >= 11 is 0. The number of anilines is 1. The van der Waals surface area contributed by atoms with Crippen molar-refractivity contribution >= 4 is 28.6 Å². The van der Waals surface area contributed by atoms with E-state index >= 15 is 0 Å². The molecule has 12 heteroatoms. The third kappa shape index (κ3) is 5.14. The highest BCUT2D eigenvalue weighted by molar-refractivity contribution is 6.00. The first-order valence-electron chi connectivity index (χ1n) is 12.4. The van der Waals surface area contributed by atoms with Gasteiger partial charge in [0.05, 0.1) is 11.1 Å². The smallest absolute Gasteiger partial charge is 0.303 e. The van der Waals surface area contributed by atoms with E-state index in [-0.39, 0.29) is 17.4 Å². The van der Waals surface area contributed by atoms with Gasteiger partial charge in [-0.05, 0) is 56.5 Å². The highest BCUT2D eigenvalue weighted by atomic mass is 19.1. The van der Waals surface area contributed by atoms with E-state index < -0.39 is 29.1 Å². The molecule has 0 aliphatic carbocycles. The Morgan fingerprint density at radius 1 is 1.13 bits per heavy atom. The van der Waals surface area contributed by atoms with E-state index in [1.165, 1.54) is 37.5 Å². The van der Waals surface area contributed by atoms with Crippen LogP contribution in [0.2, 0.25) is 0 Å². The predicted octanol–water partition coefficient (Wildman–Crippen LogP) is 4.24. The van der Waals surface area contributed by atoms with Crippen molar-refractivity contribution in [2.24, 2.45) is 5.73 Å². The number of primary amides is 1. The van der Waals surface area contributed by atoms with E-state index in [2.05, 4.69) is 20.1 Å². The minimum Gasteiger partial charge on any atom is -0.450 e. The van der Waals surface area contributed by atoms with Crippen LogP contribution in [-0.4, -0.2) is 45.1 Å². The Labute approximate surface area is 222 Å². The molecule has 202 valence electrons. The van der Waals surface area contributed by atoms with Crippen LogP contribution in [0.4, 0.5) is 14.6 Å². The summed E-state index contributed by atoms with van der Waals surface area (Å²) < 4.78 is 39.9. The number of ether oxygens (including phenoxy) is 1. The number of nitrogens with zero attached hydrogens (tertiary/aromatic N) is 5. The maximum absolute atomic E-state index is 14.8. The maximum atomic E-state index is 14.8. The molecule has 2 N–H and O–H groups in total. The Balaban J connectivity index is 1.40. The number of halogens is 2. The van der Waals surface area contributed by atoms with Gasteiger partial charge in [0.25, 0.3) is 11.8 Å². The van der Waals surface area contributed by atoms with E-state index in [9.17, 15) is 18.4 Å². The zero-order chi connectivity index (χ0) is 27.9. The van der Waals surface area contributed by atoms with E-state index in [4.69, 9.17) is 15.0 Å². The molecule has 2 aromatic carbocycles. The first-order chi connectivity index (χ1) is 18.5. The van der Waals surface area contributed by atoms with Crippen molar-refractivity contribution in [3.05, 3.63) is 65.6 Å². The molecule has 0 bridgehead atoms. The SMILES string of the molecule is CC(=O)OC(C)(C)c1nc(C2CCN(c3ncnc4c(-c5ccc(C(N)=O)c(F)c5)cc(F)cc34)CC2)no1. The largest absolute Gasteiger partial charge is 0.450 e. The van der Waals surface area contributed by atoms with Crippen LogP contribution in [0.3, 0.4) is 0 Å². The summed E-state index contributed by atoms with van der Waals surface area (Å²) in [7, 11) is 0. The molecule has 1 fully saturated rings. The molecule has 4 aromatic rings. The van der Waals surface area contributed by atoms with E-state index in [0.29, 0.717) is 59.6 Å². The van der Waals surface area contributed by atoms with Crippen molar-refractivity contribution in [3.63, 3.8) is 0 Å². The van der Waals surface area contributed by atoms with Crippen molar-refractivity contribution < 1.29 is 27.6 Å². The van der Waals surface area contributed by atoms with Crippen LogP contribution in [0.1, 0.15) is 61.6 Å². The number of piperidine rings is 1. The molecule has 1 aliphatic heterocycles. The molecule has 10 nitrogen and oxygen atoms in total. The quantitative estimate of drug-likeness (QED) is 0.359. The van der Waals surface area contributed by atoms with E-state index in [1.54, 1.807) is 13.8 Å². The van der Waals surface area contributed by atoms with Gasteiger partial charge in [-0.3, -0.25) is 9.59 Å². The number of fused-ring (bicyclic) bond motifs is 1. The molecule has 1 saturated heterocycles. The fourth-order valence-corrected chi connectivity index (χ4v) is 4.87. The Morgan fingerprint density at radius 3 is 2.54 bits per heavy atom. The highest BCUT2D eigenvalue weighted by Gasteiger charge is 2.33. The lowest BCUT2D eigenvalue weighted by molar-refractivity contribution is -0.157. The van der Waals surface area contributed by atoms with Gasteiger partial charge >= 0.3 is 5.97 Å². The molecule has 2 aromatic heterocycles. The van der Waals surface area contributed by atoms with Gasteiger partial charge in [0, 0.05) is 36.9 Å². The maximum Gasteiger partial charge on any atom is 0.303 e. The van der Waals surface area contributed by atoms with Crippen LogP contribution in [0, 0.1) is 11.6 Å². The summed E-state index contributed by atoms with van der Waals surface area (Å²) in [6.45, 7) is 5.85. The summed E-state index contributed by atoms with van der Waals surface area (Å²) in [6.07, 6.45) is 2.75. The average molecular weight is 537 g/mol. The number of benzene rings is 2. The molecule has 5 rings (SSSR count). The minimum atomic E-state index is -1.04. The van der Waals surface area contributed by atoms with Crippen LogP contribution < -0.4 is 10.6 Å². The van der Waals surface area contributed by atoms with E-state index in [0.717, 1.165) is 6.07 Å². The van der Waals surface area contributed by atoms with Crippen molar-refractivity contribution in [3.8, 4) is 11.1 Å². The Bertz CT molecular complexity index is 1580. The fourth-order valence-electron chi connectivity index (χ4n) is 4.87. The molecular weight excluding hydrogens is 510 g/mol. The van der Waals surface area contributed by atoms with Crippen LogP contribution >= 0.6 is 0 Å². The summed E-state index contributed by atoms with van der Waals surface area (Å²) in [5, 5.41) is 4.59. The molecule has 3 heterocycles. The number of rotatable bonds is 6. The van der Waals surface area contributed by atoms with E-state index in [1.807, 2.05) is 4.90 Å². The number of aromatic nitrogens is 4. The molecule has 1 aliphatic rings. The number of esters is 1. The molecule has 39 heavy (non-hydrogen) atoms. The lowest BCUT2D eigenvalue weighted by Gasteiger charge is -2.32. The van der Waals surface area contributed by atoms with Gasteiger partial charge in [0.15, 0.2) is 11.4 Å². The number of hydrogen-bond acceptors (Lipinski definition) is 9. The van der Waals surface area contributed by atoms with Gasteiger partial charge < -0.3 is 19.9 Å². The topological polar surface area (TPSA) is 137 Å². The summed E-state index contributed by atoms with van der Waals surface area (Å²) in [5.41, 5.74) is 5.10. The zero-order valence-electron chi connectivity index (χ0n) is 21.6. The third-order valence-electron chi connectivity index (χ3n) is 6.74. The second-order valence-electron chi connectivity index (χ2n) is 9.93. The standard InChI is InChI=1S/C27H26F2N6O4/c1-14(36)38-27(2,3)26-33-24(34-39-26)15-6-8-35(9-7-15)25-20-12-17(28)11-19(22(20)31-13-32-25)16-4-5-18(23(30)37)21(29)10-16/h4-5,10-13,15H,6-9H2,1-3H3,(H2,30,37). The van der Waals surface area contributed by atoms with Gasteiger partial charge in [0.1, 0.15) is 23.8 Å². The number of carbonyl (C=O) groups excluding carboxylic acids is 2. The summed E-state index contributed by atoms with van der Waals surface area (Å²) in [5.74, 6) is -1.34. The fraction of sp³-hybridized carbons (Fsp3) is 0.333. The highest BCUT2D eigenvalue weighted by Crippen LogP contribution is 2.36. The van der Waals surface area contributed by atoms with Crippen molar-refractivity contribution in [1.29, 1.82) is 0 Å². The monoisotopic (exact) mass is 536 g/mol. The molecular formula is C27H26F2N6O4. The molecule has 1 amide bonds. The first kappa shape index (κ1) is 26.1. The van der Waals surface area contributed by atoms with Crippen molar-refractivity contribution in [2.45, 2.75) is 45.1 Å². The Hall–Kier alpha value is -4.48. The minimum absolute atomic E-state index is 0.0130. The van der Waals surface area contributed by atoms with Crippen molar-refractivity contribution in [2.75, 3.05) is 18.0 Å². The zero-order valence-corrected chi connectivity index (χ0v) is 21.6. The Morgan fingerprint density at radius 2 is 1.87 bits per heavy atom. The molecule has 0 spiro atoms. The van der Waals surface area contributed by atoms with Crippen LogP contribution in [0.5, 0.6) is 0 Å². The normalized spacial score (nSPS) is 14.5. The van der Waals surface area contributed by atoms with Gasteiger partial charge in [-0.1, -0.05) is 11.2 Å². The number of amides is 1. The molecule has 0 atom stereocenters. The molecule has 0 radical (unpaired) electrons.